The van der Waals surface area contributed by atoms with E-state index >= 15 is 0 Å². The average Bonchev–Trinajstić information content (AvgIpc) is 3.01. The van der Waals surface area contributed by atoms with Crippen molar-refractivity contribution in [2.75, 3.05) is 5.73 Å². The van der Waals surface area contributed by atoms with E-state index in [4.69, 9.17) is 5.73 Å². The normalized spacial score (nSPS) is 16.0. The van der Waals surface area contributed by atoms with Gasteiger partial charge in [-0.2, -0.15) is 0 Å². The average molecular weight is 186 g/mol. The van der Waals surface area contributed by atoms with Crippen molar-refractivity contribution in [1.29, 1.82) is 0 Å². The molecule has 0 atom stereocenters. The van der Waals surface area contributed by atoms with Gasteiger partial charge in [0, 0.05) is 11.6 Å². The summed E-state index contributed by atoms with van der Waals surface area (Å²) in [5, 5.41) is 0.991. The third kappa shape index (κ3) is 1.04. The molecule has 0 amide bonds. The van der Waals surface area contributed by atoms with Gasteiger partial charge in [-0.05, 0) is 24.3 Å². The number of nitrogens with zero attached hydrogens (tertiary/aromatic N) is 3. The van der Waals surface area contributed by atoms with Gasteiger partial charge >= 0.3 is 0 Å². The molecule has 4 heteroatoms. The standard InChI is InChI=1S/C10H10N4/c11-10-9-7(6-1-2-6)3-12-4-8(9)13-5-14-10/h3-6H,1-2H2,(H2,11,13,14). The second-order valence-corrected chi connectivity index (χ2v) is 3.66. The molecule has 0 unspecified atom stereocenters. The molecule has 0 spiro atoms. The highest BCUT2D eigenvalue weighted by Crippen LogP contribution is 2.43. The van der Waals surface area contributed by atoms with Crippen LogP contribution in [0.1, 0.15) is 24.3 Å². The van der Waals surface area contributed by atoms with Gasteiger partial charge in [0.1, 0.15) is 12.1 Å². The highest BCUT2D eigenvalue weighted by Gasteiger charge is 2.26. The number of hydrogen-bond acceptors (Lipinski definition) is 4. The topological polar surface area (TPSA) is 64.7 Å². The van der Waals surface area contributed by atoms with Crippen molar-refractivity contribution in [3.05, 3.63) is 24.3 Å². The first kappa shape index (κ1) is 7.67. The van der Waals surface area contributed by atoms with Gasteiger partial charge in [0.2, 0.25) is 0 Å². The zero-order chi connectivity index (χ0) is 9.54. The van der Waals surface area contributed by atoms with Gasteiger partial charge in [0.15, 0.2) is 0 Å². The van der Waals surface area contributed by atoms with Gasteiger partial charge in [-0.25, -0.2) is 9.97 Å². The molecule has 0 aromatic carbocycles. The number of aromatic nitrogens is 3. The van der Waals surface area contributed by atoms with Crippen LogP contribution in [0.3, 0.4) is 0 Å². The van der Waals surface area contributed by atoms with Crippen LogP contribution in [-0.4, -0.2) is 15.0 Å². The Morgan fingerprint density at radius 1 is 1.21 bits per heavy atom. The van der Waals surface area contributed by atoms with Crippen LogP contribution in [-0.2, 0) is 0 Å². The molecular formula is C10H10N4. The molecule has 0 aliphatic heterocycles. The highest BCUT2D eigenvalue weighted by atomic mass is 14.9. The molecule has 1 saturated carbocycles. The Balaban J connectivity index is 2.37. The fraction of sp³-hybridized carbons (Fsp3) is 0.300. The molecule has 0 saturated heterocycles. The van der Waals surface area contributed by atoms with Crippen LogP contribution in [0.25, 0.3) is 10.9 Å². The largest absolute Gasteiger partial charge is 0.383 e. The van der Waals surface area contributed by atoms with Crippen molar-refractivity contribution in [2.24, 2.45) is 0 Å². The number of rotatable bonds is 1. The predicted molar refractivity (Wildman–Crippen MR) is 53.7 cm³/mol. The van der Waals surface area contributed by atoms with Gasteiger partial charge in [-0.1, -0.05) is 0 Å². The lowest BCUT2D eigenvalue weighted by atomic mass is 10.1. The van der Waals surface area contributed by atoms with Crippen LogP contribution in [0.2, 0.25) is 0 Å². The van der Waals surface area contributed by atoms with E-state index in [0.29, 0.717) is 11.7 Å². The second-order valence-electron chi connectivity index (χ2n) is 3.66. The summed E-state index contributed by atoms with van der Waals surface area (Å²) >= 11 is 0. The first-order chi connectivity index (χ1) is 6.86. The molecule has 0 bridgehead atoms. The summed E-state index contributed by atoms with van der Waals surface area (Å²) in [5.74, 6) is 1.19. The predicted octanol–water partition coefficient (Wildman–Crippen LogP) is 1.48. The number of nitrogen functional groups attached to an aromatic ring is 1. The van der Waals surface area contributed by atoms with Crippen molar-refractivity contribution >= 4 is 16.7 Å². The highest BCUT2D eigenvalue weighted by molar-refractivity contribution is 5.90. The van der Waals surface area contributed by atoms with Crippen LogP contribution in [0, 0.1) is 0 Å². The monoisotopic (exact) mass is 186 g/mol. The zero-order valence-corrected chi connectivity index (χ0v) is 7.64. The van der Waals surface area contributed by atoms with E-state index in [-0.39, 0.29) is 0 Å². The number of fused-ring (bicyclic) bond motifs is 1. The summed E-state index contributed by atoms with van der Waals surface area (Å²) < 4.78 is 0. The number of hydrogen-bond donors (Lipinski definition) is 1. The van der Waals surface area contributed by atoms with E-state index in [0.717, 1.165) is 10.9 Å². The van der Waals surface area contributed by atoms with Crippen LogP contribution >= 0.6 is 0 Å². The summed E-state index contributed by atoms with van der Waals surface area (Å²) in [5.41, 5.74) is 7.90. The third-order valence-corrected chi connectivity index (χ3v) is 2.62. The number of anilines is 1. The van der Waals surface area contributed by atoms with Crippen LogP contribution in [0.5, 0.6) is 0 Å². The molecule has 2 aromatic heterocycles. The summed E-state index contributed by atoms with van der Waals surface area (Å²) in [6, 6.07) is 0. The minimum Gasteiger partial charge on any atom is -0.383 e. The van der Waals surface area contributed by atoms with Crippen molar-refractivity contribution in [1.82, 2.24) is 15.0 Å². The molecule has 3 rings (SSSR count). The quantitative estimate of drug-likeness (QED) is 0.732. The molecule has 2 heterocycles. The Kier molecular flexibility index (Phi) is 1.45. The SMILES string of the molecule is Nc1ncnc2cncc(C3CC3)c12. The minimum absolute atomic E-state index is 0.569. The zero-order valence-electron chi connectivity index (χ0n) is 7.64. The van der Waals surface area contributed by atoms with Crippen molar-refractivity contribution in [3.63, 3.8) is 0 Å². The Bertz CT molecular complexity index is 485. The third-order valence-electron chi connectivity index (χ3n) is 2.62. The fourth-order valence-electron chi connectivity index (χ4n) is 1.76. The van der Waals surface area contributed by atoms with Gasteiger partial charge in [-0.15, -0.1) is 0 Å². The number of nitrogens with two attached hydrogens (primary N) is 1. The van der Waals surface area contributed by atoms with Crippen LogP contribution < -0.4 is 5.73 Å². The summed E-state index contributed by atoms with van der Waals surface area (Å²) in [6.07, 6.45) is 7.57. The Morgan fingerprint density at radius 2 is 2.07 bits per heavy atom. The maximum Gasteiger partial charge on any atom is 0.135 e. The lowest BCUT2D eigenvalue weighted by Gasteiger charge is -2.04. The van der Waals surface area contributed by atoms with Gasteiger partial charge in [-0.3, -0.25) is 4.98 Å². The summed E-state index contributed by atoms with van der Waals surface area (Å²) in [6.45, 7) is 0. The molecule has 2 N–H and O–H groups in total. The van der Waals surface area contributed by atoms with Crippen molar-refractivity contribution in [3.8, 4) is 0 Å². The molecule has 1 fully saturated rings. The second kappa shape index (κ2) is 2.64. The van der Waals surface area contributed by atoms with E-state index < -0.39 is 0 Å². The van der Waals surface area contributed by atoms with Crippen molar-refractivity contribution in [2.45, 2.75) is 18.8 Å². The molecule has 0 radical (unpaired) electrons. The maximum atomic E-state index is 5.84. The first-order valence-corrected chi connectivity index (χ1v) is 4.70. The van der Waals surface area contributed by atoms with E-state index in [1.165, 1.54) is 24.7 Å². The molecule has 4 nitrogen and oxygen atoms in total. The van der Waals surface area contributed by atoms with Crippen molar-refractivity contribution < 1.29 is 0 Å². The number of pyridine rings is 1. The van der Waals surface area contributed by atoms with Crippen LogP contribution in [0.4, 0.5) is 5.82 Å². The van der Waals surface area contributed by atoms with Gasteiger partial charge < -0.3 is 5.73 Å². The fourth-order valence-corrected chi connectivity index (χ4v) is 1.76. The molecule has 70 valence electrons. The molecule has 1 aliphatic carbocycles. The van der Waals surface area contributed by atoms with Gasteiger partial charge in [0.25, 0.3) is 0 Å². The Labute approximate surface area is 81.2 Å². The van der Waals surface area contributed by atoms with E-state index in [1.54, 1.807) is 6.20 Å². The smallest absolute Gasteiger partial charge is 0.135 e. The van der Waals surface area contributed by atoms with Crippen LogP contribution in [0.15, 0.2) is 18.7 Å². The van der Waals surface area contributed by atoms with E-state index in [2.05, 4.69) is 15.0 Å². The van der Waals surface area contributed by atoms with E-state index in [1.807, 2.05) is 6.20 Å². The summed E-state index contributed by atoms with van der Waals surface area (Å²) in [4.78, 5) is 12.3. The first-order valence-electron chi connectivity index (χ1n) is 4.70. The maximum absolute atomic E-state index is 5.84. The molecule has 2 aromatic rings. The molecular weight excluding hydrogens is 176 g/mol. The lowest BCUT2D eigenvalue weighted by Crippen LogP contribution is -1.97. The van der Waals surface area contributed by atoms with Gasteiger partial charge in [0.05, 0.1) is 11.7 Å². The Morgan fingerprint density at radius 3 is 2.86 bits per heavy atom. The lowest BCUT2D eigenvalue weighted by molar-refractivity contribution is 1.10. The minimum atomic E-state index is 0.569. The summed E-state index contributed by atoms with van der Waals surface area (Å²) in [7, 11) is 0. The van der Waals surface area contributed by atoms with E-state index in [9.17, 15) is 0 Å². The molecule has 14 heavy (non-hydrogen) atoms. The molecule has 1 aliphatic rings. The Hall–Kier alpha value is -1.71.